The molecule has 5 rings (SSSR count). The Morgan fingerprint density at radius 1 is 0.906 bits per heavy atom. The Morgan fingerprint density at radius 3 is 2.44 bits per heavy atom. The number of phenolic OH excluding ortho intramolecular Hbond substituents is 2. The van der Waals surface area contributed by atoms with Gasteiger partial charge in [-0.05, 0) is 61.2 Å². The van der Waals surface area contributed by atoms with E-state index >= 15 is 0 Å². The standard InChI is InChI=1S/C25H31N5O2/c1-16(2)19-14-20(23(32)15-22(19)31)25-27-26-24-6-4-5-17-13-18(7-8-21(17)30(24)25)29-11-9-28(3)10-12-29/h7-8,13-16,31-32H,4-6,9-12H2,1-3H3. The summed E-state index contributed by atoms with van der Waals surface area (Å²) in [5, 5.41) is 29.9. The first-order chi connectivity index (χ1) is 15.4. The molecule has 2 N–H and O–H groups in total. The molecule has 0 atom stereocenters. The average molecular weight is 434 g/mol. The molecule has 0 saturated carbocycles. The monoisotopic (exact) mass is 433 g/mol. The van der Waals surface area contributed by atoms with E-state index in [9.17, 15) is 10.2 Å². The van der Waals surface area contributed by atoms with Crippen molar-refractivity contribution in [3.63, 3.8) is 0 Å². The highest BCUT2D eigenvalue weighted by atomic mass is 16.3. The van der Waals surface area contributed by atoms with Crippen molar-refractivity contribution in [2.45, 2.75) is 39.0 Å². The lowest BCUT2D eigenvalue weighted by molar-refractivity contribution is 0.313. The molecule has 1 fully saturated rings. The maximum atomic E-state index is 10.7. The minimum absolute atomic E-state index is 0.0157. The number of aromatic nitrogens is 3. The zero-order chi connectivity index (χ0) is 22.4. The van der Waals surface area contributed by atoms with E-state index in [1.54, 1.807) is 0 Å². The van der Waals surface area contributed by atoms with E-state index in [1.165, 1.54) is 17.3 Å². The Bertz CT molecular complexity index is 1150. The van der Waals surface area contributed by atoms with E-state index < -0.39 is 0 Å². The zero-order valence-corrected chi connectivity index (χ0v) is 19.0. The SMILES string of the molecule is CC(C)c1cc(-c2nnc3n2-c2ccc(N4CCN(C)CC4)cc2CCC3)c(O)cc1O. The van der Waals surface area contributed by atoms with E-state index in [1.807, 2.05) is 19.9 Å². The summed E-state index contributed by atoms with van der Waals surface area (Å²) in [4.78, 5) is 4.82. The molecule has 3 aromatic rings. The number of aryl methyl sites for hydroxylation is 2. The van der Waals surface area contributed by atoms with Gasteiger partial charge in [0, 0.05) is 44.4 Å². The highest BCUT2D eigenvalue weighted by Crippen LogP contribution is 2.39. The van der Waals surface area contributed by atoms with Gasteiger partial charge in [0.15, 0.2) is 5.82 Å². The smallest absolute Gasteiger partial charge is 0.172 e. The number of hydrogen-bond acceptors (Lipinski definition) is 6. The molecule has 2 aromatic carbocycles. The Hall–Kier alpha value is -3.06. The van der Waals surface area contributed by atoms with E-state index in [2.05, 4.69) is 49.8 Å². The Labute approximate surface area is 188 Å². The van der Waals surface area contributed by atoms with Gasteiger partial charge in [0.2, 0.25) is 0 Å². The minimum atomic E-state index is 0.0157. The first-order valence-electron chi connectivity index (χ1n) is 11.5. The lowest BCUT2D eigenvalue weighted by atomic mass is 9.98. The first kappa shape index (κ1) is 20.8. The van der Waals surface area contributed by atoms with Crippen molar-refractivity contribution in [2.24, 2.45) is 0 Å². The average Bonchev–Trinajstić information content (AvgIpc) is 3.08. The molecule has 1 aromatic heterocycles. The van der Waals surface area contributed by atoms with Crippen LogP contribution >= 0.6 is 0 Å². The Kier molecular flexibility index (Phi) is 5.29. The third-order valence-electron chi connectivity index (χ3n) is 6.76. The summed E-state index contributed by atoms with van der Waals surface area (Å²) >= 11 is 0. The third kappa shape index (κ3) is 3.60. The number of benzene rings is 2. The van der Waals surface area contributed by atoms with Gasteiger partial charge >= 0.3 is 0 Å². The molecule has 7 heteroatoms. The second-order valence-corrected chi connectivity index (χ2v) is 9.32. The van der Waals surface area contributed by atoms with Gasteiger partial charge in [-0.15, -0.1) is 10.2 Å². The number of nitrogens with zero attached hydrogens (tertiary/aromatic N) is 5. The van der Waals surface area contributed by atoms with Crippen LogP contribution in [0.25, 0.3) is 17.1 Å². The third-order valence-corrected chi connectivity index (χ3v) is 6.76. The summed E-state index contributed by atoms with van der Waals surface area (Å²) < 4.78 is 2.09. The quantitative estimate of drug-likeness (QED) is 0.656. The van der Waals surface area contributed by atoms with Gasteiger partial charge in [0.05, 0.1) is 11.3 Å². The predicted octanol–water partition coefficient (Wildman–Crippen LogP) is 3.71. The number of likely N-dealkylation sites (N-methyl/N-ethyl adjacent to an activating group) is 1. The first-order valence-corrected chi connectivity index (χ1v) is 11.5. The van der Waals surface area contributed by atoms with E-state index in [4.69, 9.17) is 0 Å². The van der Waals surface area contributed by atoms with E-state index in [0.717, 1.165) is 62.5 Å². The molecule has 0 unspecified atom stereocenters. The molecule has 0 spiro atoms. The summed E-state index contributed by atoms with van der Waals surface area (Å²) in [7, 11) is 2.17. The molecular formula is C25H31N5O2. The van der Waals surface area contributed by atoms with Crippen LogP contribution in [0.4, 0.5) is 5.69 Å². The number of piperazine rings is 1. The molecule has 168 valence electrons. The topological polar surface area (TPSA) is 77.7 Å². The van der Waals surface area contributed by atoms with Crippen molar-refractivity contribution in [2.75, 3.05) is 38.1 Å². The fourth-order valence-electron chi connectivity index (χ4n) is 4.83. The number of hydrogen-bond donors (Lipinski definition) is 2. The molecule has 3 heterocycles. The van der Waals surface area contributed by atoms with Crippen LogP contribution in [0.15, 0.2) is 30.3 Å². The van der Waals surface area contributed by atoms with Crippen molar-refractivity contribution in [1.82, 2.24) is 19.7 Å². The number of rotatable bonds is 3. The summed E-state index contributed by atoms with van der Waals surface area (Å²) in [6.45, 7) is 8.28. The van der Waals surface area contributed by atoms with Gasteiger partial charge in [-0.25, -0.2) is 0 Å². The van der Waals surface area contributed by atoms with Crippen LogP contribution in [0.2, 0.25) is 0 Å². The van der Waals surface area contributed by atoms with Gasteiger partial charge in [0.1, 0.15) is 17.3 Å². The summed E-state index contributed by atoms with van der Waals surface area (Å²) in [5.74, 6) is 1.77. The minimum Gasteiger partial charge on any atom is -0.508 e. The predicted molar refractivity (Wildman–Crippen MR) is 126 cm³/mol. The number of phenols is 2. The van der Waals surface area contributed by atoms with Crippen LogP contribution < -0.4 is 4.90 Å². The zero-order valence-electron chi connectivity index (χ0n) is 19.0. The van der Waals surface area contributed by atoms with Gasteiger partial charge in [-0.2, -0.15) is 0 Å². The molecule has 1 saturated heterocycles. The molecule has 7 nitrogen and oxygen atoms in total. The second-order valence-electron chi connectivity index (χ2n) is 9.32. The fourth-order valence-corrected chi connectivity index (χ4v) is 4.83. The fraction of sp³-hybridized carbons (Fsp3) is 0.440. The van der Waals surface area contributed by atoms with Gasteiger partial charge in [-0.1, -0.05) is 13.8 Å². The maximum absolute atomic E-state index is 10.7. The maximum Gasteiger partial charge on any atom is 0.172 e. The van der Waals surface area contributed by atoms with Crippen LogP contribution in [-0.4, -0.2) is 63.1 Å². The van der Waals surface area contributed by atoms with Gasteiger partial charge in [0.25, 0.3) is 0 Å². The lowest BCUT2D eigenvalue weighted by Gasteiger charge is -2.34. The van der Waals surface area contributed by atoms with Crippen molar-refractivity contribution in [3.05, 3.63) is 47.3 Å². The Balaban J connectivity index is 1.60. The van der Waals surface area contributed by atoms with Crippen molar-refractivity contribution in [3.8, 4) is 28.6 Å². The van der Waals surface area contributed by atoms with Crippen LogP contribution in [0.5, 0.6) is 11.5 Å². The molecule has 2 aliphatic heterocycles. The lowest BCUT2D eigenvalue weighted by Crippen LogP contribution is -2.44. The van der Waals surface area contributed by atoms with Crippen molar-refractivity contribution < 1.29 is 10.2 Å². The van der Waals surface area contributed by atoms with Crippen LogP contribution in [0, 0.1) is 0 Å². The van der Waals surface area contributed by atoms with E-state index in [0.29, 0.717) is 11.4 Å². The molecule has 0 radical (unpaired) electrons. The Morgan fingerprint density at radius 2 is 1.69 bits per heavy atom. The molecule has 0 amide bonds. The second kappa shape index (κ2) is 8.13. The number of anilines is 1. The van der Waals surface area contributed by atoms with Crippen molar-refractivity contribution >= 4 is 5.69 Å². The molecular weight excluding hydrogens is 402 g/mol. The normalized spacial score (nSPS) is 16.7. The molecule has 32 heavy (non-hydrogen) atoms. The summed E-state index contributed by atoms with van der Waals surface area (Å²) in [6.07, 6.45) is 2.83. The number of fused-ring (bicyclic) bond motifs is 3. The van der Waals surface area contributed by atoms with Gasteiger partial charge in [-0.3, -0.25) is 4.57 Å². The molecule has 0 bridgehead atoms. The van der Waals surface area contributed by atoms with E-state index in [-0.39, 0.29) is 17.4 Å². The largest absolute Gasteiger partial charge is 0.508 e. The van der Waals surface area contributed by atoms with Gasteiger partial charge < -0.3 is 20.0 Å². The van der Waals surface area contributed by atoms with Crippen molar-refractivity contribution in [1.29, 1.82) is 0 Å². The van der Waals surface area contributed by atoms with Crippen LogP contribution in [0.1, 0.15) is 43.1 Å². The molecule has 2 aliphatic rings. The number of aromatic hydroxyl groups is 2. The molecule has 0 aliphatic carbocycles. The van der Waals surface area contributed by atoms with Crippen LogP contribution in [0.3, 0.4) is 0 Å². The summed E-state index contributed by atoms with van der Waals surface area (Å²) in [5.41, 5.74) is 5.01. The highest BCUT2D eigenvalue weighted by molar-refractivity contribution is 5.70. The van der Waals surface area contributed by atoms with Crippen LogP contribution in [-0.2, 0) is 12.8 Å². The highest BCUT2D eigenvalue weighted by Gasteiger charge is 2.25. The summed E-state index contributed by atoms with van der Waals surface area (Å²) in [6, 6.07) is 9.94.